The maximum atomic E-state index is 11.0. The van der Waals surface area contributed by atoms with Gasteiger partial charge in [0.25, 0.3) is 0 Å². The lowest BCUT2D eigenvalue weighted by Gasteiger charge is -2.26. The van der Waals surface area contributed by atoms with Crippen molar-refractivity contribution in [1.82, 2.24) is 0 Å². The number of rotatable bonds is 4. The molecule has 0 aliphatic rings. The second-order valence-electron chi connectivity index (χ2n) is 7.23. The molecular weight excluding hydrogens is 366 g/mol. The van der Waals surface area contributed by atoms with Crippen LogP contribution in [-0.2, 0) is 0 Å². The van der Waals surface area contributed by atoms with Crippen molar-refractivity contribution in [3.8, 4) is 16.9 Å². The number of hydrogen-bond acceptors (Lipinski definition) is 2. The van der Waals surface area contributed by atoms with Crippen LogP contribution in [0.1, 0.15) is 0 Å². The first kappa shape index (κ1) is 18.0. The molecule has 2 nitrogen and oxygen atoms in total. The van der Waals surface area contributed by atoms with Gasteiger partial charge in [-0.2, -0.15) is 0 Å². The van der Waals surface area contributed by atoms with Crippen molar-refractivity contribution in [2.45, 2.75) is 0 Å². The summed E-state index contributed by atoms with van der Waals surface area (Å²) < 4.78 is 0. The molecule has 0 amide bonds. The van der Waals surface area contributed by atoms with Gasteiger partial charge in [0.15, 0.2) is 0 Å². The number of anilines is 3. The van der Waals surface area contributed by atoms with E-state index in [0.717, 1.165) is 39.0 Å². The first-order valence-corrected chi connectivity index (χ1v) is 10.0. The largest absolute Gasteiger partial charge is 0.507 e. The van der Waals surface area contributed by atoms with Crippen LogP contribution in [-0.4, -0.2) is 5.11 Å². The Kier molecular flexibility index (Phi) is 4.66. The molecule has 144 valence electrons. The van der Waals surface area contributed by atoms with E-state index in [0.29, 0.717) is 0 Å². The van der Waals surface area contributed by atoms with Gasteiger partial charge < -0.3 is 10.0 Å². The van der Waals surface area contributed by atoms with E-state index in [1.165, 1.54) is 0 Å². The Morgan fingerprint density at radius 1 is 0.467 bits per heavy atom. The molecule has 0 atom stereocenters. The molecule has 0 aliphatic carbocycles. The topological polar surface area (TPSA) is 23.5 Å². The average Bonchev–Trinajstić information content (AvgIpc) is 2.81. The predicted octanol–water partition coefficient (Wildman–Crippen LogP) is 7.68. The first-order chi connectivity index (χ1) is 14.8. The minimum Gasteiger partial charge on any atom is -0.507 e. The van der Waals surface area contributed by atoms with Crippen LogP contribution in [0.4, 0.5) is 17.1 Å². The van der Waals surface area contributed by atoms with Gasteiger partial charge in [0.05, 0.1) is 0 Å². The second-order valence-corrected chi connectivity index (χ2v) is 7.23. The fourth-order valence-corrected chi connectivity index (χ4v) is 3.95. The quantitative estimate of drug-likeness (QED) is 0.342. The number of benzene rings is 5. The van der Waals surface area contributed by atoms with Crippen molar-refractivity contribution in [1.29, 1.82) is 0 Å². The van der Waals surface area contributed by atoms with E-state index >= 15 is 0 Å². The third-order valence-electron chi connectivity index (χ3n) is 5.35. The smallest absolute Gasteiger partial charge is 0.125 e. The molecule has 0 aliphatic heterocycles. The molecule has 5 rings (SSSR count). The maximum Gasteiger partial charge on any atom is 0.125 e. The Labute approximate surface area is 176 Å². The van der Waals surface area contributed by atoms with Gasteiger partial charge in [0.1, 0.15) is 5.75 Å². The van der Waals surface area contributed by atoms with Crippen LogP contribution in [0.25, 0.3) is 21.9 Å². The maximum absolute atomic E-state index is 11.0. The number of hydrogen-bond donors (Lipinski definition) is 1. The summed E-state index contributed by atoms with van der Waals surface area (Å²) in [6, 6.07) is 40.8. The number of phenols is 1. The number of aromatic hydroxyl groups is 1. The molecule has 2 heteroatoms. The summed E-state index contributed by atoms with van der Waals surface area (Å²) in [6.07, 6.45) is 0. The normalized spacial score (nSPS) is 10.8. The fourth-order valence-electron chi connectivity index (χ4n) is 3.95. The van der Waals surface area contributed by atoms with E-state index in [-0.39, 0.29) is 5.75 Å². The highest BCUT2D eigenvalue weighted by molar-refractivity contribution is 5.98. The Morgan fingerprint density at radius 2 is 1.07 bits per heavy atom. The number of nitrogens with zero attached hydrogens (tertiary/aromatic N) is 1. The van der Waals surface area contributed by atoms with E-state index in [2.05, 4.69) is 59.5 Å². The van der Waals surface area contributed by atoms with Gasteiger partial charge in [-0.15, -0.1) is 0 Å². The molecule has 30 heavy (non-hydrogen) atoms. The molecule has 0 saturated heterocycles. The van der Waals surface area contributed by atoms with Crippen molar-refractivity contribution in [2.24, 2.45) is 0 Å². The Bertz CT molecular complexity index is 1250. The summed E-state index contributed by atoms with van der Waals surface area (Å²) in [4.78, 5) is 2.15. The second kappa shape index (κ2) is 7.76. The van der Waals surface area contributed by atoms with E-state index in [9.17, 15) is 5.11 Å². The molecule has 1 N–H and O–H groups in total. The molecule has 0 heterocycles. The zero-order valence-corrected chi connectivity index (χ0v) is 16.4. The van der Waals surface area contributed by atoms with Crippen LogP contribution in [0.5, 0.6) is 5.75 Å². The summed E-state index contributed by atoms with van der Waals surface area (Å²) in [5, 5.41) is 13.3. The van der Waals surface area contributed by atoms with Crippen molar-refractivity contribution in [2.75, 3.05) is 4.90 Å². The zero-order chi connectivity index (χ0) is 20.3. The van der Waals surface area contributed by atoms with E-state index < -0.39 is 0 Å². The highest BCUT2D eigenvalue weighted by Crippen LogP contribution is 2.40. The van der Waals surface area contributed by atoms with Gasteiger partial charge in [0, 0.05) is 28.7 Å². The average molecular weight is 387 g/mol. The minimum absolute atomic E-state index is 0.265. The molecule has 0 aromatic heterocycles. The van der Waals surface area contributed by atoms with E-state index in [1.807, 2.05) is 66.7 Å². The van der Waals surface area contributed by atoms with Crippen LogP contribution < -0.4 is 4.90 Å². The van der Waals surface area contributed by atoms with Gasteiger partial charge in [-0.05, 0) is 52.7 Å². The molecule has 5 aromatic carbocycles. The van der Waals surface area contributed by atoms with Crippen LogP contribution >= 0.6 is 0 Å². The van der Waals surface area contributed by atoms with Crippen LogP contribution in [0.15, 0.2) is 121 Å². The van der Waals surface area contributed by atoms with Gasteiger partial charge in [0.2, 0.25) is 0 Å². The molecule has 0 unspecified atom stereocenters. The van der Waals surface area contributed by atoms with Gasteiger partial charge in [-0.25, -0.2) is 0 Å². The summed E-state index contributed by atoms with van der Waals surface area (Å²) in [6.45, 7) is 0. The lowest BCUT2D eigenvalue weighted by molar-refractivity contribution is 0.477. The standard InChI is InChI=1S/C28H21NO/c30-28-20-24(29(22-12-3-1-4-13-22)23-14-5-2-6-15-23)18-19-27(28)26-17-9-11-21-10-7-8-16-25(21)26/h1-20,30H. The summed E-state index contributed by atoms with van der Waals surface area (Å²) in [5.41, 5.74) is 4.86. The van der Waals surface area contributed by atoms with Crippen molar-refractivity contribution >= 4 is 27.8 Å². The predicted molar refractivity (Wildman–Crippen MR) is 126 cm³/mol. The molecule has 0 radical (unpaired) electrons. The Hall–Kier alpha value is -4.04. The highest BCUT2D eigenvalue weighted by Gasteiger charge is 2.15. The third-order valence-corrected chi connectivity index (χ3v) is 5.35. The Balaban J connectivity index is 1.64. The van der Waals surface area contributed by atoms with E-state index in [4.69, 9.17) is 0 Å². The lowest BCUT2D eigenvalue weighted by atomic mass is 9.97. The molecular formula is C28H21NO. The number of phenolic OH excluding ortho intramolecular Hbond substituents is 1. The Morgan fingerprint density at radius 3 is 1.73 bits per heavy atom. The van der Waals surface area contributed by atoms with Gasteiger partial charge >= 0.3 is 0 Å². The third kappa shape index (κ3) is 3.29. The van der Waals surface area contributed by atoms with Crippen molar-refractivity contribution in [3.05, 3.63) is 121 Å². The molecule has 0 spiro atoms. The number of para-hydroxylation sites is 2. The highest BCUT2D eigenvalue weighted by atomic mass is 16.3. The molecule has 0 fully saturated rings. The SMILES string of the molecule is Oc1cc(N(c2ccccc2)c2ccccc2)ccc1-c1cccc2ccccc12. The van der Waals surface area contributed by atoms with Crippen molar-refractivity contribution < 1.29 is 5.11 Å². The van der Waals surface area contributed by atoms with Gasteiger partial charge in [-0.1, -0.05) is 78.9 Å². The molecule has 0 bridgehead atoms. The first-order valence-electron chi connectivity index (χ1n) is 10.0. The monoisotopic (exact) mass is 387 g/mol. The van der Waals surface area contributed by atoms with Crippen LogP contribution in [0.2, 0.25) is 0 Å². The zero-order valence-electron chi connectivity index (χ0n) is 16.4. The summed E-state index contributed by atoms with van der Waals surface area (Å²) in [5.74, 6) is 0.265. The summed E-state index contributed by atoms with van der Waals surface area (Å²) >= 11 is 0. The van der Waals surface area contributed by atoms with Crippen molar-refractivity contribution in [3.63, 3.8) is 0 Å². The van der Waals surface area contributed by atoms with Crippen LogP contribution in [0, 0.1) is 0 Å². The summed E-state index contributed by atoms with van der Waals surface area (Å²) in [7, 11) is 0. The van der Waals surface area contributed by atoms with Gasteiger partial charge in [-0.3, -0.25) is 0 Å². The van der Waals surface area contributed by atoms with E-state index in [1.54, 1.807) is 0 Å². The molecule has 5 aromatic rings. The lowest BCUT2D eigenvalue weighted by Crippen LogP contribution is -2.09. The fraction of sp³-hybridized carbons (Fsp3) is 0. The minimum atomic E-state index is 0.265. The van der Waals surface area contributed by atoms with Crippen LogP contribution in [0.3, 0.4) is 0 Å². The number of fused-ring (bicyclic) bond motifs is 1. The molecule has 0 saturated carbocycles.